The molecule has 2 aliphatic heterocycles. The van der Waals surface area contributed by atoms with Crippen molar-refractivity contribution in [2.75, 3.05) is 14.7 Å². The third kappa shape index (κ3) is 9.12. The summed E-state index contributed by atoms with van der Waals surface area (Å²) < 4.78 is 2.74. The topological polar surface area (TPSA) is 9.72 Å². The van der Waals surface area contributed by atoms with Crippen LogP contribution < -0.4 is 30.4 Å². The number of hydrogen-bond donors (Lipinski definition) is 0. The zero-order chi connectivity index (χ0) is 58.7. The van der Waals surface area contributed by atoms with Crippen molar-refractivity contribution in [1.29, 1.82) is 0 Å². The summed E-state index contributed by atoms with van der Waals surface area (Å²) in [7, 11) is 0. The molecule has 13 rings (SSSR count). The Balaban J connectivity index is 1.23. The fourth-order valence-electron chi connectivity index (χ4n) is 14.5. The highest BCUT2D eigenvalue weighted by Gasteiger charge is 2.49. The maximum absolute atomic E-state index is 2.79. The van der Waals surface area contributed by atoms with Crippen LogP contribution in [0, 0.1) is 6.92 Å². The van der Waals surface area contributed by atoms with Crippen molar-refractivity contribution in [3.63, 3.8) is 0 Å². The number of hydrogen-bond acceptors (Lipinski definition) is 4. The minimum Gasteiger partial charge on any atom is -0.311 e. The molecule has 3 nitrogen and oxygen atoms in total. The number of anilines is 9. The largest absolute Gasteiger partial charge is 0.311 e. The minimum absolute atomic E-state index is 0.00589. The van der Waals surface area contributed by atoms with Gasteiger partial charge in [-0.05, 0) is 205 Å². The van der Waals surface area contributed by atoms with Crippen LogP contribution in [0.15, 0.2) is 158 Å². The summed E-state index contributed by atoms with van der Waals surface area (Å²) in [6.45, 7) is 40.8. The van der Waals surface area contributed by atoms with Gasteiger partial charge in [0.25, 0.3) is 6.71 Å². The molecule has 0 N–H and O–H groups in total. The summed E-state index contributed by atoms with van der Waals surface area (Å²) in [5, 5.41) is 1.32. The monoisotopic (exact) mass is 1110 g/mol. The van der Waals surface area contributed by atoms with E-state index in [1.54, 1.807) is 0 Å². The Morgan fingerprint density at radius 2 is 1.00 bits per heavy atom. The molecule has 0 bridgehead atoms. The van der Waals surface area contributed by atoms with E-state index < -0.39 is 0 Å². The van der Waals surface area contributed by atoms with Gasteiger partial charge in [-0.2, -0.15) is 0 Å². The number of fused-ring (bicyclic) bond motifs is 8. The van der Waals surface area contributed by atoms with E-state index in [0.717, 1.165) is 42.7 Å². The average molecular weight is 1110 g/mol. The minimum atomic E-state index is -0.0478. The van der Waals surface area contributed by atoms with Gasteiger partial charge in [0.1, 0.15) is 0 Å². The van der Waals surface area contributed by atoms with Crippen LogP contribution in [0.1, 0.15) is 187 Å². The molecule has 4 aliphatic rings. The lowest BCUT2D eigenvalue weighted by Gasteiger charge is -2.48. The van der Waals surface area contributed by atoms with Crippen molar-refractivity contribution in [2.24, 2.45) is 0 Å². The van der Waals surface area contributed by atoms with E-state index in [-0.39, 0.29) is 39.2 Å². The molecule has 5 heteroatoms. The fraction of sp³-hybridized carbons (Fsp3) is 0.359. The van der Waals surface area contributed by atoms with Crippen LogP contribution in [-0.4, -0.2) is 6.71 Å². The molecule has 0 atom stereocenters. The van der Waals surface area contributed by atoms with Gasteiger partial charge in [0.2, 0.25) is 0 Å². The molecule has 0 fully saturated rings. The third-order valence-corrected chi connectivity index (χ3v) is 21.4. The van der Waals surface area contributed by atoms with Crippen molar-refractivity contribution >= 4 is 95.0 Å². The van der Waals surface area contributed by atoms with E-state index >= 15 is 0 Å². The van der Waals surface area contributed by atoms with Crippen LogP contribution >= 0.6 is 11.3 Å². The summed E-state index contributed by atoms with van der Waals surface area (Å²) in [5.74, 6) is 0.412. The highest BCUT2D eigenvalue weighted by molar-refractivity contribution is 7.33. The lowest BCUT2D eigenvalue weighted by molar-refractivity contribution is 0.332. The summed E-state index contributed by atoms with van der Waals surface area (Å²) in [6.07, 6.45) is 4.56. The van der Waals surface area contributed by atoms with Crippen molar-refractivity contribution in [3.05, 3.63) is 202 Å². The quantitative estimate of drug-likeness (QED) is 0.147. The third-order valence-electron chi connectivity index (χ3n) is 20.1. The molecule has 0 spiro atoms. The molecule has 0 unspecified atom stereocenters. The second-order valence-electron chi connectivity index (χ2n) is 30.3. The van der Waals surface area contributed by atoms with Crippen LogP contribution in [0.2, 0.25) is 0 Å². The summed E-state index contributed by atoms with van der Waals surface area (Å²) in [6, 6.07) is 62.8. The zero-order valence-corrected chi connectivity index (χ0v) is 53.6. The number of benzene rings is 8. The first-order valence-corrected chi connectivity index (χ1v) is 31.8. The number of thiophene rings is 1. The Labute approximate surface area is 501 Å². The van der Waals surface area contributed by atoms with Crippen molar-refractivity contribution < 1.29 is 0 Å². The molecule has 1 aromatic heterocycles. The van der Waals surface area contributed by atoms with E-state index in [1.165, 1.54) is 116 Å². The molecule has 2 aliphatic carbocycles. The second kappa shape index (κ2) is 19.1. The highest BCUT2D eigenvalue weighted by atomic mass is 32.1. The first kappa shape index (κ1) is 55.4. The van der Waals surface area contributed by atoms with Crippen molar-refractivity contribution in [3.8, 4) is 11.1 Å². The predicted octanol–water partition coefficient (Wildman–Crippen LogP) is 20.8. The van der Waals surface area contributed by atoms with Crippen LogP contribution in [0.25, 0.3) is 21.2 Å². The Bertz CT molecular complexity index is 4030. The van der Waals surface area contributed by atoms with Gasteiger partial charge in [-0.3, -0.25) is 0 Å². The maximum atomic E-state index is 2.79. The van der Waals surface area contributed by atoms with Gasteiger partial charge >= 0.3 is 0 Å². The second-order valence-corrected chi connectivity index (χ2v) is 31.3. The first-order chi connectivity index (χ1) is 39.1. The average Bonchev–Trinajstić information content (AvgIpc) is 1.75. The van der Waals surface area contributed by atoms with E-state index in [9.17, 15) is 0 Å². The molecule has 0 saturated heterocycles. The van der Waals surface area contributed by atoms with Crippen LogP contribution in [-0.2, 0) is 32.5 Å². The molecular weight excluding hydrogens is 1020 g/mol. The van der Waals surface area contributed by atoms with Crippen LogP contribution in [0.5, 0.6) is 0 Å². The van der Waals surface area contributed by atoms with Crippen molar-refractivity contribution in [1.82, 2.24) is 0 Å². The van der Waals surface area contributed by atoms with E-state index in [0.29, 0.717) is 5.92 Å². The molecule has 0 saturated carbocycles. The summed E-state index contributed by atoms with van der Waals surface area (Å²) in [4.78, 5) is 8.03. The number of aryl methyl sites for hydroxylation is 1. The Morgan fingerprint density at radius 1 is 0.494 bits per heavy atom. The van der Waals surface area contributed by atoms with E-state index in [2.05, 4.69) is 290 Å². The molecule has 3 heterocycles. The van der Waals surface area contributed by atoms with Crippen LogP contribution in [0.3, 0.4) is 0 Å². The summed E-state index contributed by atoms with van der Waals surface area (Å²) in [5.41, 5.74) is 27.2. The van der Waals surface area contributed by atoms with Gasteiger partial charge in [-0.25, -0.2) is 0 Å². The molecule has 8 aromatic carbocycles. The van der Waals surface area contributed by atoms with Gasteiger partial charge in [-0.1, -0.05) is 195 Å². The van der Waals surface area contributed by atoms with Gasteiger partial charge in [0, 0.05) is 54.6 Å². The molecular formula is C78H86BN3S. The Hall–Kier alpha value is -6.82. The predicted molar refractivity (Wildman–Crippen MR) is 363 cm³/mol. The highest BCUT2D eigenvalue weighted by Crippen LogP contribution is 2.57. The SMILES string of the molecule is Cc1ccc(N(c2ccc(C(C)C)cc2)c2cc3c4c(c2)N(c2ccc(C(C)(C)C)cc2)c2c(sc5ccc(C(C)(C)C)cc25)B4c2cc4c(cc2N3c2cc3c(cc2-c2ccccc2)C(C)(C)CCC3(C)C)C(C)(C)CCC4(C)C)cc1. The molecule has 0 amide bonds. The normalized spacial score (nSPS) is 17.2. The molecule has 9 aromatic rings. The summed E-state index contributed by atoms with van der Waals surface area (Å²) >= 11 is 2.02. The molecule has 0 radical (unpaired) electrons. The van der Waals surface area contributed by atoms with E-state index in [4.69, 9.17) is 0 Å². The van der Waals surface area contributed by atoms with Gasteiger partial charge < -0.3 is 14.7 Å². The van der Waals surface area contributed by atoms with E-state index in [1.807, 2.05) is 11.3 Å². The number of nitrogens with zero attached hydrogens (tertiary/aromatic N) is 3. The standard InChI is InChI=1S/C78H86BN3S/c1-48(2)50-25-32-55(33-26-50)80(54-30-23-49(3)24-31-54)57-42-67-70-68(43-57)82(65-46-62-60(75(10,11)37-39-77(62,14)15)44-58(65)51-21-19-18-20-22-51)66-47-63-61(76(12,13)38-40-78(63,16)17)45-64(66)79(70)72-71(59-41-53(74(7,8)9)29-36-69(59)83-72)81(67)56-34-27-52(28-35-56)73(4,5)6/h18-36,41-48H,37-40H2,1-17H3. The Kier molecular flexibility index (Phi) is 12.7. The smallest absolute Gasteiger partial charge is 0.264 e. The first-order valence-electron chi connectivity index (χ1n) is 31.0. The van der Waals surface area contributed by atoms with Gasteiger partial charge in [0.15, 0.2) is 0 Å². The van der Waals surface area contributed by atoms with Gasteiger partial charge in [-0.15, -0.1) is 11.3 Å². The molecule has 422 valence electrons. The number of rotatable bonds is 7. The lowest BCUT2D eigenvalue weighted by Crippen LogP contribution is -2.61. The van der Waals surface area contributed by atoms with Crippen LogP contribution in [0.4, 0.5) is 51.2 Å². The fourth-order valence-corrected chi connectivity index (χ4v) is 15.8. The van der Waals surface area contributed by atoms with Crippen molar-refractivity contribution in [2.45, 2.75) is 182 Å². The lowest BCUT2D eigenvalue weighted by atomic mass is 9.35. The maximum Gasteiger partial charge on any atom is 0.264 e. The molecule has 83 heavy (non-hydrogen) atoms. The Morgan fingerprint density at radius 3 is 1.55 bits per heavy atom. The zero-order valence-electron chi connectivity index (χ0n) is 52.7. The van der Waals surface area contributed by atoms with Gasteiger partial charge in [0.05, 0.1) is 17.1 Å².